The lowest BCUT2D eigenvalue weighted by Crippen LogP contribution is -2.41. The molecule has 3 N–H and O–H groups in total. The van der Waals surface area contributed by atoms with Crippen molar-refractivity contribution in [2.75, 3.05) is 18.0 Å². The number of amides is 1. The molecular weight excluding hydrogens is 247 g/mol. The van der Waals surface area contributed by atoms with Crippen LogP contribution in [0.2, 0.25) is 0 Å². The van der Waals surface area contributed by atoms with E-state index in [1.54, 1.807) is 12.1 Å². The average Bonchev–Trinajstić information content (AvgIpc) is 2.38. The molecule has 1 aromatic rings. The van der Waals surface area contributed by atoms with E-state index < -0.39 is 11.9 Å². The highest BCUT2D eigenvalue weighted by Crippen LogP contribution is 2.31. The zero-order chi connectivity index (χ0) is 14.0. The Balaban J connectivity index is 2.31. The number of halogens is 1. The average molecular weight is 266 g/mol. The lowest BCUT2D eigenvalue weighted by atomic mass is 9.95. The SMILES string of the molecule is C[C@@H](O)c1c(F)cccc1N1CCCC(C(N)=O)C1. The maximum absolute atomic E-state index is 13.8. The van der Waals surface area contributed by atoms with Crippen molar-refractivity contribution in [3.05, 3.63) is 29.6 Å². The molecule has 0 aromatic heterocycles. The van der Waals surface area contributed by atoms with Gasteiger partial charge in [-0.2, -0.15) is 0 Å². The Morgan fingerprint density at radius 1 is 1.58 bits per heavy atom. The molecule has 0 spiro atoms. The quantitative estimate of drug-likeness (QED) is 0.873. The number of aliphatic hydroxyl groups excluding tert-OH is 1. The van der Waals surface area contributed by atoms with E-state index in [1.807, 2.05) is 4.90 Å². The molecular formula is C14H19FN2O2. The van der Waals surface area contributed by atoms with Crippen LogP contribution in [0.1, 0.15) is 31.4 Å². The van der Waals surface area contributed by atoms with Crippen molar-refractivity contribution >= 4 is 11.6 Å². The molecule has 1 fully saturated rings. The smallest absolute Gasteiger partial charge is 0.222 e. The van der Waals surface area contributed by atoms with Gasteiger partial charge in [0.2, 0.25) is 5.91 Å². The van der Waals surface area contributed by atoms with Gasteiger partial charge in [-0.05, 0) is 31.9 Å². The molecule has 2 atom stereocenters. The summed E-state index contributed by atoms with van der Waals surface area (Å²) < 4.78 is 13.8. The Kier molecular flexibility index (Phi) is 4.04. The van der Waals surface area contributed by atoms with Crippen LogP contribution < -0.4 is 10.6 Å². The van der Waals surface area contributed by atoms with Gasteiger partial charge in [0.15, 0.2) is 0 Å². The number of primary amides is 1. The third-order valence-electron chi connectivity index (χ3n) is 3.61. The van der Waals surface area contributed by atoms with Gasteiger partial charge < -0.3 is 15.7 Å². The van der Waals surface area contributed by atoms with Crippen molar-refractivity contribution < 1.29 is 14.3 Å². The molecule has 5 heteroatoms. The Bertz CT molecular complexity index is 477. The monoisotopic (exact) mass is 266 g/mol. The van der Waals surface area contributed by atoms with Crippen molar-refractivity contribution in [1.29, 1.82) is 0 Å². The molecule has 1 heterocycles. The van der Waals surface area contributed by atoms with Crippen molar-refractivity contribution in [2.24, 2.45) is 11.7 Å². The molecule has 19 heavy (non-hydrogen) atoms. The maximum atomic E-state index is 13.8. The Labute approximate surface area is 112 Å². The summed E-state index contributed by atoms with van der Waals surface area (Å²) in [6.45, 7) is 2.77. The van der Waals surface area contributed by atoms with Crippen LogP contribution in [0, 0.1) is 11.7 Å². The molecule has 1 saturated heterocycles. The second-order valence-electron chi connectivity index (χ2n) is 5.04. The van der Waals surface area contributed by atoms with Gasteiger partial charge in [0.1, 0.15) is 5.82 Å². The van der Waals surface area contributed by atoms with Crippen LogP contribution in [0.3, 0.4) is 0 Å². The van der Waals surface area contributed by atoms with E-state index in [0.717, 1.165) is 19.4 Å². The summed E-state index contributed by atoms with van der Waals surface area (Å²) in [6.07, 6.45) is 0.722. The third kappa shape index (κ3) is 2.87. The van der Waals surface area contributed by atoms with Gasteiger partial charge in [0.05, 0.1) is 12.0 Å². The van der Waals surface area contributed by atoms with Gasteiger partial charge in [-0.25, -0.2) is 4.39 Å². The van der Waals surface area contributed by atoms with Gasteiger partial charge in [-0.3, -0.25) is 4.79 Å². The second-order valence-corrected chi connectivity index (χ2v) is 5.04. The number of carbonyl (C=O) groups is 1. The number of hydrogen-bond donors (Lipinski definition) is 2. The van der Waals surface area contributed by atoms with Gasteiger partial charge in [-0.1, -0.05) is 6.07 Å². The zero-order valence-electron chi connectivity index (χ0n) is 11.0. The van der Waals surface area contributed by atoms with Crippen molar-refractivity contribution in [1.82, 2.24) is 0 Å². The standard InChI is InChI=1S/C14H19FN2O2/c1-9(18)13-11(15)5-2-6-12(13)17-7-3-4-10(8-17)14(16)19/h2,5-6,9-10,18H,3-4,7-8H2,1H3,(H2,16,19)/t9-,10?/m1/s1. The molecule has 4 nitrogen and oxygen atoms in total. The molecule has 1 unspecified atom stereocenters. The van der Waals surface area contributed by atoms with Crippen molar-refractivity contribution in [3.8, 4) is 0 Å². The minimum absolute atomic E-state index is 0.209. The summed E-state index contributed by atoms with van der Waals surface area (Å²) in [5.74, 6) is -0.952. The molecule has 2 rings (SSSR count). The number of carbonyl (C=O) groups excluding carboxylic acids is 1. The maximum Gasteiger partial charge on any atom is 0.222 e. The fraction of sp³-hybridized carbons (Fsp3) is 0.500. The van der Waals surface area contributed by atoms with Crippen LogP contribution in [0.5, 0.6) is 0 Å². The fourth-order valence-corrected chi connectivity index (χ4v) is 2.64. The van der Waals surface area contributed by atoms with Crippen LogP contribution in [0.15, 0.2) is 18.2 Å². The largest absolute Gasteiger partial charge is 0.389 e. The van der Waals surface area contributed by atoms with Gasteiger partial charge in [0, 0.05) is 24.3 Å². The number of piperidine rings is 1. The summed E-state index contributed by atoms with van der Waals surface area (Å²) in [5.41, 5.74) is 6.28. The molecule has 0 radical (unpaired) electrons. The minimum atomic E-state index is -0.884. The number of nitrogens with zero attached hydrogens (tertiary/aromatic N) is 1. The number of aliphatic hydroxyl groups is 1. The molecule has 0 saturated carbocycles. The van der Waals surface area contributed by atoms with Crippen LogP contribution in [0.4, 0.5) is 10.1 Å². The number of anilines is 1. The molecule has 1 aromatic carbocycles. The second kappa shape index (κ2) is 5.57. The van der Waals surface area contributed by atoms with E-state index in [2.05, 4.69) is 0 Å². The number of rotatable bonds is 3. The summed E-state index contributed by atoms with van der Waals surface area (Å²) in [5, 5.41) is 9.73. The molecule has 1 aliphatic rings. The number of nitrogens with two attached hydrogens (primary N) is 1. The number of hydrogen-bond acceptors (Lipinski definition) is 3. The lowest BCUT2D eigenvalue weighted by Gasteiger charge is -2.34. The van der Waals surface area contributed by atoms with E-state index >= 15 is 0 Å². The van der Waals surface area contributed by atoms with E-state index in [1.165, 1.54) is 13.0 Å². The first-order valence-corrected chi connectivity index (χ1v) is 6.51. The van der Waals surface area contributed by atoms with Gasteiger partial charge in [-0.15, -0.1) is 0 Å². The van der Waals surface area contributed by atoms with Crippen LogP contribution in [-0.2, 0) is 4.79 Å². The summed E-state index contributed by atoms with van der Waals surface area (Å²) in [6, 6.07) is 4.72. The topological polar surface area (TPSA) is 66.6 Å². The molecule has 1 amide bonds. The van der Waals surface area contributed by atoms with Crippen LogP contribution in [-0.4, -0.2) is 24.1 Å². The molecule has 1 aliphatic heterocycles. The predicted octanol–water partition coefficient (Wildman–Crippen LogP) is 1.58. The Morgan fingerprint density at radius 2 is 2.32 bits per heavy atom. The zero-order valence-corrected chi connectivity index (χ0v) is 11.0. The minimum Gasteiger partial charge on any atom is -0.389 e. The Morgan fingerprint density at radius 3 is 2.95 bits per heavy atom. The summed E-state index contributed by atoms with van der Waals surface area (Å²) >= 11 is 0. The normalized spacial score (nSPS) is 21.2. The van der Waals surface area contributed by atoms with Crippen molar-refractivity contribution in [2.45, 2.75) is 25.9 Å². The van der Waals surface area contributed by atoms with Gasteiger partial charge in [0.25, 0.3) is 0 Å². The predicted molar refractivity (Wildman–Crippen MR) is 71.2 cm³/mol. The summed E-state index contributed by atoms with van der Waals surface area (Å²) in [4.78, 5) is 13.2. The third-order valence-corrected chi connectivity index (χ3v) is 3.61. The summed E-state index contributed by atoms with van der Waals surface area (Å²) in [7, 11) is 0. The molecule has 104 valence electrons. The number of benzene rings is 1. The van der Waals surface area contributed by atoms with E-state index in [4.69, 9.17) is 5.73 Å². The van der Waals surface area contributed by atoms with Crippen molar-refractivity contribution in [3.63, 3.8) is 0 Å². The van der Waals surface area contributed by atoms with Crippen LogP contribution >= 0.6 is 0 Å². The van der Waals surface area contributed by atoms with Crippen LogP contribution in [0.25, 0.3) is 0 Å². The van der Waals surface area contributed by atoms with Gasteiger partial charge >= 0.3 is 0 Å². The van der Waals surface area contributed by atoms with E-state index in [-0.39, 0.29) is 17.4 Å². The Hall–Kier alpha value is -1.62. The first-order chi connectivity index (χ1) is 9.00. The molecule has 0 bridgehead atoms. The highest BCUT2D eigenvalue weighted by molar-refractivity contribution is 5.77. The van der Waals surface area contributed by atoms with E-state index in [9.17, 15) is 14.3 Å². The highest BCUT2D eigenvalue weighted by atomic mass is 19.1. The van der Waals surface area contributed by atoms with E-state index in [0.29, 0.717) is 12.2 Å². The lowest BCUT2D eigenvalue weighted by molar-refractivity contribution is -0.122. The first kappa shape index (κ1) is 13.8. The molecule has 0 aliphatic carbocycles. The fourth-order valence-electron chi connectivity index (χ4n) is 2.64. The highest BCUT2D eigenvalue weighted by Gasteiger charge is 2.26. The first-order valence-electron chi connectivity index (χ1n) is 6.51.